The first kappa shape index (κ1) is 13.3. The van der Waals surface area contributed by atoms with Crippen molar-refractivity contribution in [2.75, 3.05) is 26.7 Å². The van der Waals surface area contributed by atoms with Gasteiger partial charge in [0.05, 0.1) is 6.10 Å². The summed E-state index contributed by atoms with van der Waals surface area (Å²) in [7, 11) is 1.55. The van der Waals surface area contributed by atoms with Crippen molar-refractivity contribution < 1.29 is 19.4 Å². The van der Waals surface area contributed by atoms with Crippen molar-refractivity contribution in [3.8, 4) is 0 Å². The molecule has 3 atom stereocenters. The molecule has 2 heterocycles. The van der Waals surface area contributed by atoms with E-state index in [0.717, 1.165) is 13.1 Å². The van der Waals surface area contributed by atoms with Gasteiger partial charge in [-0.2, -0.15) is 0 Å². The first-order valence-electron chi connectivity index (χ1n) is 6.31. The molecular weight excluding hydrogens is 236 g/mol. The summed E-state index contributed by atoms with van der Waals surface area (Å²) in [5.74, 6) is -0.799. The van der Waals surface area contributed by atoms with Crippen LogP contribution in [0.25, 0.3) is 0 Å². The third kappa shape index (κ3) is 2.35. The van der Waals surface area contributed by atoms with Gasteiger partial charge in [-0.15, -0.1) is 0 Å². The van der Waals surface area contributed by atoms with Crippen LogP contribution in [-0.2, 0) is 14.3 Å². The molecule has 0 aromatic carbocycles. The van der Waals surface area contributed by atoms with Crippen LogP contribution >= 0.6 is 0 Å². The number of ether oxygens (including phenoxy) is 1. The highest BCUT2D eigenvalue weighted by molar-refractivity contribution is 5.86. The lowest BCUT2D eigenvalue weighted by Crippen LogP contribution is -2.52. The Kier molecular flexibility index (Phi) is 3.87. The summed E-state index contributed by atoms with van der Waals surface area (Å²) >= 11 is 0. The summed E-state index contributed by atoms with van der Waals surface area (Å²) in [5, 5.41) is 12.3. The highest BCUT2D eigenvalue weighted by Crippen LogP contribution is 2.26. The molecule has 0 spiro atoms. The number of hydrogen-bond donors (Lipinski definition) is 2. The van der Waals surface area contributed by atoms with Crippen LogP contribution < -0.4 is 5.32 Å². The summed E-state index contributed by atoms with van der Waals surface area (Å²) in [5.41, 5.74) is 0. The Morgan fingerprint density at radius 2 is 2.11 bits per heavy atom. The molecule has 0 radical (unpaired) electrons. The van der Waals surface area contributed by atoms with E-state index >= 15 is 0 Å². The van der Waals surface area contributed by atoms with Gasteiger partial charge in [0, 0.05) is 26.0 Å². The van der Waals surface area contributed by atoms with Gasteiger partial charge in [-0.05, 0) is 19.0 Å². The van der Waals surface area contributed by atoms with Crippen LogP contribution in [0.1, 0.15) is 13.3 Å². The Hall–Kier alpha value is -1.14. The molecule has 2 N–H and O–H groups in total. The zero-order valence-corrected chi connectivity index (χ0v) is 10.8. The van der Waals surface area contributed by atoms with E-state index in [2.05, 4.69) is 5.32 Å². The standard InChI is InChI=1S/C12H20N2O4/c1-7(8-4-13-5-8)11(15)14-6-9(18-2)3-10(14)12(16)17/h7-10,13H,3-6H2,1-2H3,(H,16,17). The zero-order chi connectivity index (χ0) is 13.3. The van der Waals surface area contributed by atoms with E-state index < -0.39 is 12.0 Å². The number of nitrogens with zero attached hydrogens (tertiary/aromatic N) is 1. The summed E-state index contributed by atoms with van der Waals surface area (Å²) < 4.78 is 5.18. The normalized spacial score (nSPS) is 30.0. The van der Waals surface area contributed by atoms with E-state index in [0.29, 0.717) is 18.9 Å². The maximum absolute atomic E-state index is 12.3. The van der Waals surface area contributed by atoms with Gasteiger partial charge in [0.25, 0.3) is 0 Å². The molecule has 102 valence electrons. The van der Waals surface area contributed by atoms with Crippen molar-refractivity contribution in [1.82, 2.24) is 10.2 Å². The molecule has 6 heteroatoms. The van der Waals surface area contributed by atoms with Crippen molar-refractivity contribution in [1.29, 1.82) is 0 Å². The summed E-state index contributed by atoms with van der Waals surface area (Å²) in [6.45, 7) is 3.95. The molecule has 2 fully saturated rings. The predicted octanol–water partition coefficient (Wildman–Crippen LogP) is -0.458. The second-order valence-corrected chi connectivity index (χ2v) is 5.15. The Morgan fingerprint density at radius 3 is 2.56 bits per heavy atom. The van der Waals surface area contributed by atoms with Gasteiger partial charge in [-0.3, -0.25) is 4.79 Å². The SMILES string of the molecule is COC1CC(C(=O)O)N(C(=O)C(C)C2CNC2)C1. The molecule has 0 bridgehead atoms. The van der Waals surface area contributed by atoms with Crippen LogP contribution in [0.3, 0.4) is 0 Å². The second-order valence-electron chi connectivity index (χ2n) is 5.15. The number of carboxylic acid groups (broad SMARTS) is 1. The van der Waals surface area contributed by atoms with Gasteiger partial charge >= 0.3 is 5.97 Å². The lowest BCUT2D eigenvalue weighted by atomic mass is 9.88. The van der Waals surface area contributed by atoms with E-state index in [-0.39, 0.29) is 17.9 Å². The van der Waals surface area contributed by atoms with Gasteiger partial charge in [-0.1, -0.05) is 6.92 Å². The Balaban J connectivity index is 2.04. The van der Waals surface area contributed by atoms with E-state index in [9.17, 15) is 14.7 Å². The molecular formula is C12H20N2O4. The number of likely N-dealkylation sites (tertiary alicyclic amines) is 1. The van der Waals surface area contributed by atoms with E-state index in [1.54, 1.807) is 7.11 Å². The molecule has 18 heavy (non-hydrogen) atoms. The predicted molar refractivity (Wildman–Crippen MR) is 64.1 cm³/mol. The summed E-state index contributed by atoms with van der Waals surface area (Å²) in [6.07, 6.45) is 0.217. The first-order valence-corrected chi connectivity index (χ1v) is 6.31. The minimum absolute atomic E-state index is 0.0616. The number of aliphatic carboxylic acids is 1. The minimum Gasteiger partial charge on any atom is -0.480 e. The number of methoxy groups -OCH3 is 1. The Bertz CT molecular complexity index is 343. The van der Waals surface area contributed by atoms with Gasteiger partial charge in [0.1, 0.15) is 6.04 Å². The van der Waals surface area contributed by atoms with Crippen LogP contribution in [0, 0.1) is 11.8 Å². The average molecular weight is 256 g/mol. The van der Waals surface area contributed by atoms with Gasteiger partial charge in [0.15, 0.2) is 0 Å². The quantitative estimate of drug-likeness (QED) is 0.712. The van der Waals surface area contributed by atoms with E-state index in [4.69, 9.17) is 4.74 Å². The molecule has 2 aliphatic rings. The monoisotopic (exact) mass is 256 g/mol. The van der Waals surface area contributed by atoms with Crippen molar-refractivity contribution in [2.45, 2.75) is 25.5 Å². The molecule has 6 nitrogen and oxygen atoms in total. The highest BCUT2D eigenvalue weighted by atomic mass is 16.5. The van der Waals surface area contributed by atoms with Crippen molar-refractivity contribution in [3.63, 3.8) is 0 Å². The second kappa shape index (κ2) is 5.24. The van der Waals surface area contributed by atoms with Crippen molar-refractivity contribution >= 4 is 11.9 Å². The number of carbonyl (C=O) groups is 2. The zero-order valence-electron chi connectivity index (χ0n) is 10.8. The Labute approximate surface area is 106 Å². The highest BCUT2D eigenvalue weighted by Gasteiger charge is 2.42. The number of carboxylic acids is 1. The number of rotatable bonds is 4. The van der Waals surface area contributed by atoms with Crippen LogP contribution in [0.2, 0.25) is 0 Å². The summed E-state index contributed by atoms with van der Waals surface area (Å²) in [4.78, 5) is 25.0. The maximum Gasteiger partial charge on any atom is 0.326 e. The van der Waals surface area contributed by atoms with Gasteiger partial charge in [0.2, 0.25) is 5.91 Å². The van der Waals surface area contributed by atoms with Crippen LogP contribution in [0.5, 0.6) is 0 Å². The molecule has 0 aliphatic carbocycles. The third-order valence-corrected chi connectivity index (χ3v) is 4.07. The maximum atomic E-state index is 12.3. The fraction of sp³-hybridized carbons (Fsp3) is 0.833. The smallest absolute Gasteiger partial charge is 0.326 e. The van der Waals surface area contributed by atoms with Crippen molar-refractivity contribution in [2.24, 2.45) is 11.8 Å². The molecule has 2 rings (SSSR count). The number of amides is 1. The lowest BCUT2D eigenvalue weighted by molar-refractivity contribution is -0.150. The average Bonchev–Trinajstić information content (AvgIpc) is 2.69. The third-order valence-electron chi connectivity index (χ3n) is 4.07. The number of hydrogen-bond acceptors (Lipinski definition) is 4. The molecule has 1 amide bonds. The fourth-order valence-corrected chi connectivity index (χ4v) is 2.57. The topological polar surface area (TPSA) is 78.9 Å². The summed E-state index contributed by atoms with van der Waals surface area (Å²) in [6, 6.07) is -0.738. The molecule has 2 saturated heterocycles. The van der Waals surface area contributed by atoms with Crippen LogP contribution in [0.4, 0.5) is 0 Å². The molecule has 0 saturated carbocycles. The molecule has 0 aromatic rings. The van der Waals surface area contributed by atoms with Crippen LogP contribution in [0.15, 0.2) is 0 Å². The number of nitrogens with one attached hydrogen (secondary N) is 1. The molecule has 2 aliphatic heterocycles. The molecule has 3 unspecified atom stereocenters. The Morgan fingerprint density at radius 1 is 1.44 bits per heavy atom. The van der Waals surface area contributed by atoms with Gasteiger partial charge < -0.3 is 20.1 Å². The molecule has 0 aromatic heterocycles. The van der Waals surface area contributed by atoms with E-state index in [1.807, 2.05) is 6.92 Å². The fourth-order valence-electron chi connectivity index (χ4n) is 2.57. The van der Waals surface area contributed by atoms with Crippen LogP contribution in [-0.4, -0.2) is 60.8 Å². The number of carbonyl (C=O) groups excluding carboxylic acids is 1. The van der Waals surface area contributed by atoms with Crippen molar-refractivity contribution in [3.05, 3.63) is 0 Å². The largest absolute Gasteiger partial charge is 0.480 e. The van der Waals surface area contributed by atoms with E-state index in [1.165, 1.54) is 4.90 Å². The lowest BCUT2D eigenvalue weighted by Gasteiger charge is -2.34. The minimum atomic E-state index is -0.943. The van der Waals surface area contributed by atoms with Gasteiger partial charge in [-0.25, -0.2) is 4.79 Å². The first-order chi connectivity index (χ1) is 8.54.